The SMILES string of the molecule is C=COCC(COC(=O)C(=O)OC)(COC(=O)C(=O)OC)COc1ccc(-c2ccc(-c3ccc(C4CCC(CCCCC)CC4)cc3F)cc2CC)cc1CCCOC(=O)C(=C)C. The van der Waals surface area contributed by atoms with Crippen molar-refractivity contribution >= 4 is 29.8 Å². The Morgan fingerprint density at radius 1 is 0.719 bits per heavy atom. The summed E-state index contributed by atoms with van der Waals surface area (Å²) in [6.45, 7) is 11.4. The molecule has 4 rings (SSSR count). The second-order valence-corrected chi connectivity index (χ2v) is 16.4. The van der Waals surface area contributed by atoms with E-state index < -0.39 is 48.5 Å². The molecule has 0 aliphatic heterocycles. The van der Waals surface area contributed by atoms with Gasteiger partial charge in [-0.3, -0.25) is 0 Å². The number of halogens is 1. The molecule has 0 spiro atoms. The van der Waals surface area contributed by atoms with Gasteiger partial charge >= 0.3 is 29.8 Å². The Labute approximate surface area is 376 Å². The van der Waals surface area contributed by atoms with E-state index in [-0.39, 0.29) is 31.2 Å². The highest BCUT2D eigenvalue weighted by atomic mass is 19.1. The van der Waals surface area contributed by atoms with Crippen LogP contribution >= 0.6 is 0 Å². The number of benzene rings is 3. The van der Waals surface area contributed by atoms with Crippen LogP contribution < -0.4 is 4.74 Å². The molecule has 13 heteroatoms. The van der Waals surface area contributed by atoms with Crippen molar-refractivity contribution in [2.75, 3.05) is 47.3 Å². The van der Waals surface area contributed by atoms with E-state index in [0.29, 0.717) is 42.1 Å². The van der Waals surface area contributed by atoms with Gasteiger partial charge in [-0.1, -0.05) is 89.1 Å². The summed E-state index contributed by atoms with van der Waals surface area (Å²) in [5, 5.41) is 0. The van der Waals surface area contributed by atoms with Crippen molar-refractivity contribution in [2.24, 2.45) is 11.3 Å². The Morgan fingerprint density at radius 2 is 1.34 bits per heavy atom. The van der Waals surface area contributed by atoms with E-state index in [0.717, 1.165) is 67.1 Å². The maximum atomic E-state index is 15.9. The molecule has 0 radical (unpaired) electrons. The largest absolute Gasteiger partial charge is 0.501 e. The molecule has 0 heterocycles. The summed E-state index contributed by atoms with van der Waals surface area (Å²) >= 11 is 0. The summed E-state index contributed by atoms with van der Waals surface area (Å²) in [5.41, 5.74) is 4.67. The fourth-order valence-corrected chi connectivity index (χ4v) is 7.89. The molecule has 0 saturated heterocycles. The fraction of sp³-hybridized carbons (Fsp3) is 0.471. The first-order valence-corrected chi connectivity index (χ1v) is 22.0. The predicted molar refractivity (Wildman–Crippen MR) is 240 cm³/mol. The molecule has 64 heavy (non-hydrogen) atoms. The number of methoxy groups -OCH3 is 2. The van der Waals surface area contributed by atoms with Gasteiger partial charge in [-0.2, -0.15) is 0 Å². The van der Waals surface area contributed by atoms with Gasteiger partial charge in [0, 0.05) is 11.1 Å². The van der Waals surface area contributed by atoms with Gasteiger partial charge in [0.1, 0.15) is 43.4 Å². The lowest BCUT2D eigenvalue weighted by Crippen LogP contribution is -2.44. The molecule has 0 aromatic heterocycles. The number of rotatable bonds is 23. The third-order valence-electron chi connectivity index (χ3n) is 11.6. The zero-order chi connectivity index (χ0) is 46.6. The minimum atomic E-state index is -1.49. The minimum absolute atomic E-state index is 0.0962. The second kappa shape index (κ2) is 25.3. The van der Waals surface area contributed by atoms with Gasteiger partial charge in [0.2, 0.25) is 0 Å². The maximum absolute atomic E-state index is 15.9. The van der Waals surface area contributed by atoms with Gasteiger partial charge in [-0.15, -0.1) is 0 Å². The average Bonchev–Trinajstić information content (AvgIpc) is 3.31. The molecule has 0 atom stereocenters. The normalized spacial score (nSPS) is 14.7. The Morgan fingerprint density at radius 3 is 1.94 bits per heavy atom. The number of unbranched alkanes of at least 4 members (excludes halogenated alkanes) is 2. The monoisotopic (exact) mass is 886 g/mol. The number of aryl methyl sites for hydroxylation is 2. The van der Waals surface area contributed by atoms with E-state index in [9.17, 15) is 24.0 Å². The van der Waals surface area contributed by atoms with Crippen molar-refractivity contribution in [3.63, 3.8) is 0 Å². The van der Waals surface area contributed by atoms with Crippen molar-refractivity contribution in [2.45, 2.75) is 97.3 Å². The molecule has 12 nitrogen and oxygen atoms in total. The number of ether oxygens (including phenoxy) is 7. The molecule has 1 fully saturated rings. The van der Waals surface area contributed by atoms with E-state index in [2.05, 4.69) is 35.6 Å². The maximum Gasteiger partial charge on any atom is 0.417 e. The Hall–Kier alpha value is -5.98. The molecular weight excluding hydrogens is 824 g/mol. The van der Waals surface area contributed by atoms with Crippen LogP contribution in [-0.4, -0.2) is 77.1 Å². The van der Waals surface area contributed by atoms with Crippen LogP contribution in [0.4, 0.5) is 4.39 Å². The van der Waals surface area contributed by atoms with Gasteiger partial charge < -0.3 is 33.2 Å². The summed E-state index contributed by atoms with van der Waals surface area (Å²) < 4.78 is 52.5. The average molecular weight is 887 g/mol. The first kappa shape index (κ1) is 50.7. The van der Waals surface area contributed by atoms with Crippen molar-refractivity contribution in [3.8, 4) is 28.0 Å². The van der Waals surface area contributed by atoms with Gasteiger partial charge in [0.05, 0.1) is 27.1 Å². The van der Waals surface area contributed by atoms with Crippen molar-refractivity contribution in [3.05, 3.63) is 102 Å². The predicted octanol–water partition coefficient (Wildman–Crippen LogP) is 9.59. The highest BCUT2D eigenvalue weighted by Crippen LogP contribution is 2.40. The van der Waals surface area contributed by atoms with Crippen LogP contribution in [0.25, 0.3) is 22.3 Å². The molecule has 1 aliphatic carbocycles. The van der Waals surface area contributed by atoms with Crippen LogP contribution in [0.2, 0.25) is 0 Å². The molecule has 3 aromatic carbocycles. The van der Waals surface area contributed by atoms with Gasteiger partial charge in [0.25, 0.3) is 0 Å². The molecule has 0 N–H and O–H groups in total. The lowest BCUT2D eigenvalue weighted by molar-refractivity contribution is -0.175. The Balaban J connectivity index is 1.63. The summed E-state index contributed by atoms with van der Waals surface area (Å²) in [5.74, 6) is -4.36. The van der Waals surface area contributed by atoms with Gasteiger partial charge in [-0.05, 0) is 115 Å². The molecule has 0 unspecified atom stereocenters. The Bertz CT molecular complexity index is 2070. The standard InChI is InChI=1S/C51H63FO12/c1-8-11-12-14-35-16-18-37(19-17-35)38-20-24-43(44(52)29-38)40-21-23-42(36(9-2)27-40)39-22-25-45(41(28-39)15-13-26-61-46(53)34(4)5)62-31-51(30-60-10-3,32-63-49(56)47(54)58-6)33-64-50(57)48(55)59-7/h10,20-25,27-29,35,37H,3-4,8-9,11-19,26,30-33H2,1-2,5-7H3. The summed E-state index contributed by atoms with van der Waals surface area (Å²) in [7, 11) is 2.03. The highest BCUT2D eigenvalue weighted by molar-refractivity contribution is 6.30. The topological polar surface area (TPSA) is 150 Å². The summed E-state index contributed by atoms with van der Waals surface area (Å²) in [4.78, 5) is 60.7. The summed E-state index contributed by atoms with van der Waals surface area (Å²) in [6.07, 6.45) is 12.3. The van der Waals surface area contributed by atoms with E-state index >= 15 is 4.39 Å². The zero-order valence-electron chi connectivity index (χ0n) is 37.9. The third-order valence-corrected chi connectivity index (χ3v) is 11.6. The van der Waals surface area contributed by atoms with Crippen LogP contribution in [0.1, 0.15) is 101 Å². The van der Waals surface area contributed by atoms with Crippen LogP contribution in [0.5, 0.6) is 5.75 Å². The van der Waals surface area contributed by atoms with Gasteiger partial charge in [0.15, 0.2) is 0 Å². The van der Waals surface area contributed by atoms with Crippen LogP contribution in [-0.2, 0) is 65.2 Å². The van der Waals surface area contributed by atoms with E-state index in [1.165, 1.54) is 38.5 Å². The number of esters is 5. The molecule has 0 bridgehead atoms. The minimum Gasteiger partial charge on any atom is -0.501 e. The third kappa shape index (κ3) is 14.5. The molecule has 1 saturated carbocycles. The van der Waals surface area contributed by atoms with Crippen LogP contribution in [0.15, 0.2) is 79.6 Å². The molecule has 3 aromatic rings. The molecule has 346 valence electrons. The lowest BCUT2D eigenvalue weighted by Gasteiger charge is -2.31. The molecular formula is C51H63FO12. The van der Waals surface area contributed by atoms with Crippen molar-refractivity contribution in [1.82, 2.24) is 0 Å². The molecule has 1 aliphatic rings. The first-order valence-electron chi connectivity index (χ1n) is 22.0. The van der Waals surface area contributed by atoms with E-state index in [1.807, 2.05) is 43.3 Å². The first-order chi connectivity index (χ1) is 30.8. The second-order valence-electron chi connectivity index (χ2n) is 16.4. The Kier molecular flexibility index (Phi) is 20.1. The number of hydrogen-bond donors (Lipinski definition) is 0. The fourth-order valence-electron chi connectivity index (χ4n) is 7.89. The van der Waals surface area contributed by atoms with E-state index in [4.69, 9.17) is 23.7 Å². The number of hydrogen-bond acceptors (Lipinski definition) is 12. The van der Waals surface area contributed by atoms with Crippen molar-refractivity contribution in [1.29, 1.82) is 0 Å². The molecule has 0 amide bonds. The lowest BCUT2D eigenvalue weighted by atomic mass is 9.77. The summed E-state index contributed by atoms with van der Waals surface area (Å²) in [6, 6.07) is 17.2. The quantitative estimate of drug-likeness (QED) is 0.0223. The van der Waals surface area contributed by atoms with E-state index in [1.54, 1.807) is 19.1 Å². The number of carbonyl (C=O) groups excluding carboxylic acids is 5. The van der Waals surface area contributed by atoms with Crippen LogP contribution in [0, 0.1) is 17.2 Å². The zero-order valence-corrected chi connectivity index (χ0v) is 37.9. The van der Waals surface area contributed by atoms with Crippen LogP contribution in [0.3, 0.4) is 0 Å². The van der Waals surface area contributed by atoms with Crippen molar-refractivity contribution < 1.29 is 61.5 Å². The smallest absolute Gasteiger partial charge is 0.417 e. The van der Waals surface area contributed by atoms with Gasteiger partial charge in [-0.25, -0.2) is 28.4 Å². The number of carbonyl (C=O) groups is 5. The highest BCUT2D eigenvalue weighted by Gasteiger charge is 2.38.